The van der Waals surface area contributed by atoms with Crippen LogP contribution in [0, 0.1) is 0 Å². The quantitative estimate of drug-likeness (QED) is 0.613. The molecule has 10 heteroatoms. The van der Waals surface area contributed by atoms with Crippen molar-refractivity contribution in [1.29, 1.82) is 0 Å². The van der Waals surface area contributed by atoms with Gasteiger partial charge in [0.15, 0.2) is 9.84 Å². The lowest BCUT2D eigenvalue weighted by Gasteiger charge is -2.05. The molecule has 0 saturated carbocycles. The van der Waals surface area contributed by atoms with Crippen molar-refractivity contribution in [2.24, 2.45) is 5.73 Å². The first-order valence-electron chi connectivity index (χ1n) is 8.75. The van der Waals surface area contributed by atoms with E-state index in [0.717, 1.165) is 0 Å². The Morgan fingerprint density at radius 2 is 1.67 bits per heavy atom. The number of H-pyrrole nitrogens is 1. The topological polar surface area (TPSA) is 135 Å². The molecule has 0 spiro atoms. The van der Waals surface area contributed by atoms with E-state index in [4.69, 9.17) is 5.73 Å². The molecular formula is C20H29FN4O4S. The Balaban J connectivity index is 0. The van der Waals surface area contributed by atoms with Gasteiger partial charge in [-0.2, -0.15) is 5.10 Å². The number of hydrogen-bond donors (Lipinski definition) is 3. The number of carbonyl (C=O) groups excluding carboxylic acids is 2. The third-order valence-electron chi connectivity index (χ3n) is 2.58. The molecule has 30 heavy (non-hydrogen) atoms. The summed E-state index contributed by atoms with van der Waals surface area (Å²) >= 11 is 0. The lowest BCUT2D eigenvalue weighted by atomic mass is 10.3. The van der Waals surface area contributed by atoms with E-state index in [1.165, 1.54) is 25.3 Å². The van der Waals surface area contributed by atoms with Gasteiger partial charge in [-0.3, -0.25) is 19.1 Å². The summed E-state index contributed by atoms with van der Waals surface area (Å²) in [7, 11) is -3.75. The summed E-state index contributed by atoms with van der Waals surface area (Å²) < 4.78 is 34.3. The molecule has 1 aromatic heterocycles. The average molecular weight is 441 g/mol. The Morgan fingerprint density at radius 3 is 2.10 bits per heavy atom. The fraction of sp³-hybridized carbons (Fsp3) is 0.250. The molecule has 0 atom stereocenters. The van der Waals surface area contributed by atoms with Gasteiger partial charge in [0.25, 0.3) is 5.91 Å². The van der Waals surface area contributed by atoms with E-state index in [9.17, 15) is 22.4 Å². The smallest absolute Gasteiger partial charge is 0.268 e. The maximum Gasteiger partial charge on any atom is 0.268 e. The summed E-state index contributed by atoms with van der Waals surface area (Å²) in [6, 6.07) is 7.59. The number of hydrogen-bond acceptors (Lipinski definition) is 5. The highest BCUT2D eigenvalue weighted by Crippen LogP contribution is 2.13. The summed E-state index contributed by atoms with van der Waals surface area (Å²) in [6.07, 6.45) is 4.67. The number of aromatic nitrogens is 2. The minimum Gasteiger partial charge on any atom is -0.364 e. The van der Waals surface area contributed by atoms with E-state index < -0.39 is 27.4 Å². The first-order chi connectivity index (χ1) is 14.1. The van der Waals surface area contributed by atoms with Crippen LogP contribution in [0.4, 0.5) is 10.1 Å². The van der Waals surface area contributed by atoms with Gasteiger partial charge in [0.2, 0.25) is 5.91 Å². The second-order valence-electron chi connectivity index (χ2n) is 5.23. The standard InChI is InChI=1S/C12H12N4O4S.2C3H6.C2H5F/c13-12(18)11-9(6-14-16-11)15-10(17)7-21(19,20)8-4-2-1-3-5-8;2*1-3-2;1-2-3/h1-6H,7H2,(H2,13,18)(H,14,16)(H,15,17);2*3H,1H2,2H3;2H2,1H3. The van der Waals surface area contributed by atoms with Crippen molar-refractivity contribution in [3.63, 3.8) is 0 Å². The number of carbonyl (C=O) groups is 2. The zero-order valence-electron chi connectivity index (χ0n) is 17.4. The fourth-order valence-corrected chi connectivity index (χ4v) is 2.79. The van der Waals surface area contributed by atoms with Crippen LogP contribution in [0.15, 0.2) is 66.7 Å². The Morgan fingerprint density at radius 1 is 1.20 bits per heavy atom. The predicted octanol–water partition coefficient (Wildman–Crippen LogP) is 3.28. The summed E-state index contributed by atoms with van der Waals surface area (Å²) in [5.74, 6) is -2.35. The summed E-state index contributed by atoms with van der Waals surface area (Å²) in [4.78, 5) is 22.9. The zero-order chi connectivity index (χ0) is 23.6. The molecule has 0 bridgehead atoms. The van der Waals surface area contributed by atoms with Gasteiger partial charge in [0.1, 0.15) is 11.4 Å². The second-order valence-corrected chi connectivity index (χ2v) is 7.22. The lowest BCUT2D eigenvalue weighted by Crippen LogP contribution is -2.24. The fourth-order valence-electron chi connectivity index (χ4n) is 1.64. The van der Waals surface area contributed by atoms with E-state index in [1.807, 2.05) is 13.8 Å². The van der Waals surface area contributed by atoms with Crippen LogP contribution in [-0.2, 0) is 14.6 Å². The molecule has 4 N–H and O–H groups in total. The van der Waals surface area contributed by atoms with Gasteiger partial charge in [-0.05, 0) is 32.9 Å². The monoisotopic (exact) mass is 440 g/mol. The molecule has 0 aliphatic carbocycles. The van der Waals surface area contributed by atoms with Gasteiger partial charge < -0.3 is 11.1 Å². The molecule has 0 radical (unpaired) electrons. The first-order valence-corrected chi connectivity index (χ1v) is 10.4. The lowest BCUT2D eigenvalue weighted by molar-refractivity contribution is -0.113. The number of nitrogens with zero attached hydrogens (tertiary/aromatic N) is 1. The van der Waals surface area contributed by atoms with E-state index >= 15 is 0 Å². The van der Waals surface area contributed by atoms with Gasteiger partial charge in [-0.1, -0.05) is 30.4 Å². The Labute approximate surface area is 177 Å². The molecule has 0 aliphatic rings. The first kappa shape index (κ1) is 28.9. The van der Waals surface area contributed by atoms with Crippen LogP contribution >= 0.6 is 0 Å². The molecule has 8 nitrogen and oxygen atoms in total. The van der Waals surface area contributed by atoms with Crippen LogP contribution in [0.1, 0.15) is 31.3 Å². The van der Waals surface area contributed by atoms with E-state index in [-0.39, 0.29) is 23.0 Å². The molecule has 0 fully saturated rings. The van der Waals surface area contributed by atoms with Crippen LogP contribution in [-0.4, -0.2) is 42.9 Å². The van der Waals surface area contributed by atoms with Crippen LogP contribution < -0.4 is 11.1 Å². The average Bonchev–Trinajstić information content (AvgIpc) is 3.12. The van der Waals surface area contributed by atoms with Crippen molar-refractivity contribution in [2.75, 3.05) is 17.7 Å². The predicted molar refractivity (Wildman–Crippen MR) is 118 cm³/mol. The van der Waals surface area contributed by atoms with Crippen LogP contribution in [0.3, 0.4) is 0 Å². The van der Waals surface area contributed by atoms with Gasteiger partial charge in [-0.25, -0.2) is 8.42 Å². The minimum atomic E-state index is -3.75. The largest absolute Gasteiger partial charge is 0.364 e. The maximum absolute atomic E-state index is 12.0. The molecule has 2 amide bonds. The number of aromatic amines is 1. The van der Waals surface area contributed by atoms with Crippen molar-refractivity contribution in [3.8, 4) is 0 Å². The van der Waals surface area contributed by atoms with Crippen molar-refractivity contribution in [3.05, 3.63) is 67.5 Å². The summed E-state index contributed by atoms with van der Waals surface area (Å²) in [6.45, 7) is 11.7. The van der Waals surface area contributed by atoms with Crippen LogP contribution in [0.5, 0.6) is 0 Å². The molecule has 2 rings (SSSR count). The number of allylic oxidation sites excluding steroid dienone is 2. The zero-order valence-corrected chi connectivity index (χ0v) is 18.2. The van der Waals surface area contributed by atoms with Gasteiger partial charge in [0, 0.05) is 0 Å². The molecule has 1 heterocycles. The number of halogens is 1. The number of nitrogens with two attached hydrogens (primary N) is 1. The number of amides is 2. The minimum absolute atomic E-state index is 0.0377. The number of anilines is 1. The van der Waals surface area contributed by atoms with Crippen LogP contribution in [0.2, 0.25) is 0 Å². The molecule has 1 aromatic carbocycles. The SMILES string of the molecule is C=CC.C=CC.CCF.NC(=O)c1[nH]ncc1NC(=O)CS(=O)(=O)c1ccccc1. The van der Waals surface area contributed by atoms with Crippen molar-refractivity contribution >= 4 is 27.3 Å². The molecule has 166 valence electrons. The Kier molecular flexibility index (Phi) is 16.1. The van der Waals surface area contributed by atoms with E-state index in [1.54, 1.807) is 30.4 Å². The number of primary amides is 1. The van der Waals surface area contributed by atoms with Gasteiger partial charge in [0.05, 0.1) is 23.5 Å². The van der Waals surface area contributed by atoms with Crippen molar-refractivity contribution < 1.29 is 22.4 Å². The molecule has 0 saturated heterocycles. The van der Waals surface area contributed by atoms with Crippen molar-refractivity contribution in [2.45, 2.75) is 25.7 Å². The number of nitrogens with one attached hydrogen (secondary N) is 2. The maximum atomic E-state index is 12.0. The number of alkyl halides is 1. The highest BCUT2D eigenvalue weighted by molar-refractivity contribution is 7.92. The van der Waals surface area contributed by atoms with Gasteiger partial charge in [-0.15, -0.1) is 13.2 Å². The molecule has 0 unspecified atom stereocenters. The molecule has 0 aliphatic heterocycles. The Hall–Kier alpha value is -3.27. The normalized spacial score (nSPS) is 9.20. The summed E-state index contributed by atoms with van der Waals surface area (Å²) in [5.41, 5.74) is 5.01. The highest BCUT2D eigenvalue weighted by atomic mass is 32.2. The second kappa shape index (κ2) is 16.7. The molecular weight excluding hydrogens is 411 g/mol. The van der Waals surface area contributed by atoms with Gasteiger partial charge >= 0.3 is 0 Å². The van der Waals surface area contributed by atoms with E-state index in [0.29, 0.717) is 0 Å². The van der Waals surface area contributed by atoms with Crippen molar-refractivity contribution in [1.82, 2.24) is 10.2 Å². The van der Waals surface area contributed by atoms with Crippen LogP contribution in [0.25, 0.3) is 0 Å². The number of benzene rings is 1. The van der Waals surface area contributed by atoms with E-state index in [2.05, 4.69) is 28.7 Å². The Bertz CT molecular complexity index is 875. The molecule has 2 aromatic rings. The third kappa shape index (κ3) is 12.2. The highest BCUT2D eigenvalue weighted by Gasteiger charge is 2.21. The number of sulfone groups is 1. The third-order valence-corrected chi connectivity index (χ3v) is 4.22. The number of rotatable bonds is 5. The summed E-state index contributed by atoms with van der Waals surface area (Å²) in [5, 5.41) is 8.16.